The summed E-state index contributed by atoms with van der Waals surface area (Å²) in [5.74, 6) is 0.624. The van der Waals surface area contributed by atoms with Gasteiger partial charge in [0.15, 0.2) is 0 Å². The van der Waals surface area contributed by atoms with Crippen molar-refractivity contribution in [2.45, 2.75) is 6.54 Å². The smallest absolute Gasteiger partial charge is 0.319 e. The Hall–Kier alpha value is -3.09. The average molecular weight is 284 g/mol. The van der Waals surface area contributed by atoms with Crippen molar-refractivity contribution in [3.63, 3.8) is 0 Å². The first-order valence-corrected chi connectivity index (χ1v) is 6.28. The van der Waals surface area contributed by atoms with Crippen LogP contribution < -0.4 is 16.2 Å². The molecule has 7 heteroatoms. The summed E-state index contributed by atoms with van der Waals surface area (Å²) in [5, 5.41) is 5.07. The van der Waals surface area contributed by atoms with Crippen LogP contribution in [0.3, 0.4) is 0 Å². The van der Waals surface area contributed by atoms with Crippen LogP contribution in [-0.4, -0.2) is 15.4 Å². The zero-order valence-electron chi connectivity index (χ0n) is 10.9. The molecule has 2 N–H and O–H groups in total. The normalized spacial score (nSPS) is 10.5. The Morgan fingerprint density at radius 1 is 1.29 bits per heavy atom. The molecule has 21 heavy (non-hydrogen) atoms. The first-order valence-electron chi connectivity index (χ1n) is 6.28. The molecular weight excluding hydrogens is 272 g/mol. The van der Waals surface area contributed by atoms with E-state index in [-0.39, 0.29) is 17.8 Å². The third-order valence-corrected chi connectivity index (χ3v) is 2.86. The van der Waals surface area contributed by atoms with Gasteiger partial charge in [-0.3, -0.25) is 9.20 Å². The topological polar surface area (TPSA) is 88.6 Å². The summed E-state index contributed by atoms with van der Waals surface area (Å²) >= 11 is 0. The molecule has 2 amide bonds. The zero-order valence-corrected chi connectivity index (χ0v) is 10.9. The summed E-state index contributed by atoms with van der Waals surface area (Å²) in [7, 11) is 0. The lowest BCUT2D eigenvalue weighted by molar-refractivity contribution is 0.251. The fourth-order valence-electron chi connectivity index (χ4n) is 1.86. The van der Waals surface area contributed by atoms with Gasteiger partial charge in [-0.2, -0.15) is 0 Å². The number of urea groups is 1. The Morgan fingerprint density at radius 2 is 2.19 bits per heavy atom. The molecule has 0 aliphatic carbocycles. The Morgan fingerprint density at radius 3 is 3.00 bits per heavy atom. The predicted octanol–water partition coefficient (Wildman–Crippen LogP) is 1.61. The van der Waals surface area contributed by atoms with Crippen LogP contribution in [0.2, 0.25) is 0 Å². The quantitative estimate of drug-likeness (QED) is 0.764. The molecule has 3 heterocycles. The molecule has 3 aromatic heterocycles. The Kier molecular flexibility index (Phi) is 3.38. The third kappa shape index (κ3) is 2.76. The molecule has 0 aromatic carbocycles. The monoisotopic (exact) mass is 284 g/mol. The summed E-state index contributed by atoms with van der Waals surface area (Å²) in [6.07, 6.45) is 4.45. The Labute approximate surface area is 119 Å². The van der Waals surface area contributed by atoms with E-state index in [0.29, 0.717) is 11.4 Å². The highest BCUT2D eigenvalue weighted by atomic mass is 16.3. The van der Waals surface area contributed by atoms with E-state index in [9.17, 15) is 9.59 Å². The summed E-state index contributed by atoms with van der Waals surface area (Å²) in [4.78, 5) is 28.0. The van der Waals surface area contributed by atoms with Gasteiger partial charge in [0.2, 0.25) is 0 Å². The summed E-state index contributed by atoms with van der Waals surface area (Å²) in [6.45, 7) is 0.237. The molecule has 0 saturated carbocycles. The minimum absolute atomic E-state index is 0.107. The first-order chi connectivity index (χ1) is 10.2. The van der Waals surface area contributed by atoms with Gasteiger partial charge in [-0.1, -0.05) is 6.07 Å². The minimum Gasteiger partial charge on any atom is -0.467 e. The number of anilines is 1. The molecule has 7 nitrogen and oxygen atoms in total. The van der Waals surface area contributed by atoms with Crippen LogP contribution >= 0.6 is 0 Å². The molecule has 0 atom stereocenters. The highest BCUT2D eigenvalue weighted by Gasteiger charge is 2.08. The standard InChI is InChI=1S/C14H12N4O3/c19-13-11(9-15-12-5-1-2-6-18(12)13)17-14(20)16-8-10-4-3-7-21-10/h1-7,9H,8H2,(H2,16,17,20). The molecular formula is C14H12N4O3. The molecule has 0 saturated heterocycles. The number of aromatic nitrogens is 2. The van der Waals surface area contributed by atoms with Gasteiger partial charge in [0.05, 0.1) is 19.0 Å². The van der Waals surface area contributed by atoms with Crippen molar-refractivity contribution < 1.29 is 9.21 Å². The number of furan rings is 1. The largest absolute Gasteiger partial charge is 0.467 e. The van der Waals surface area contributed by atoms with E-state index >= 15 is 0 Å². The molecule has 0 unspecified atom stereocenters. The van der Waals surface area contributed by atoms with Gasteiger partial charge >= 0.3 is 6.03 Å². The van der Waals surface area contributed by atoms with Crippen molar-refractivity contribution in [2.24, 2.45) is 0 Å². The van der Waals surface area contributed by atoms with Crippen molar-refractivity contribution in [1.82, 2.24) is 14.7 Å². The van der Waals surface area contributed by atoms with Crippen LogP contribution in [0.4, 0.5) is 10.5 Å². The third-order valence-electron chi connectivity index (χ3n) is 2.86. The molecule has 0 fully saturated rings. The second-order valence-corrected chi connectivity index (χ2v) is 4.29. The van der Waals surface area contributed by atoms with E-state index in [1.54, 1.807) is 36.5 Å². The summed E-state index contributed by atoms with van der Waals surface area (Å²) in [6, 6.07) is 8.19. The van der Waals surface area contributed by atoms with Crippen LogP contribution in [0.15, 0.2) is 58.2 Å². The fraction of sp³-hybridized carbons (Fsp3) is 0.0714. The Balaban J connectivity index is 1.74. The van der Waals surface area contributed by atoms with Crippen LogP contribution in [0, 0.1) is 0 Å². The number of nitrogens with zero attached hydrogens (tertiary/aromatic N) is 2. The summed E-state index contributed by atoms with van der Waals surface area (Å²) < 4.78 is 6.46. The number of nitrogens with one attached hydrogen (secondary N) is 2. The van der Waals surface area contributed by atoms with E-state index in [0.717, 1.165) is 0 Å². The van der Waals surface area contributed by atoms with Crippen LogP contribution in [0.25, 0.3) is 5.65 Å². The maximum atomic E-state index is 12.2. The summed E-state index contributed by atoms with van der Waals surface area (Å²) in [5.41, 5.74) is 0.286. The van der Waals surface area contributed by atoms with Gasteiger partial charge in [0, 0.05) is 6.20 Å². The van der Waals surface area contributed by atoms with E-state index in [4.69, 9.17) is 4.42 Å². The average Bonchev–Trinajstić information content (AvgIpc) is 3.02. The minimum atomic E-state index is -0.499. The highest BCUT2D eigenvalue weighted by molar-refractivity contribution is 5.88. The zero-order chi connectivity index (χ0) is 14.7. The molecule has 0 bridgehead atoms. The maximum Gasteiger partial charge on any atom is 0.319 e. The lowest BCUT2D eigenvalue weighted by Crippen LogP contribution is -2.31. The van der Waals surface area contributed by atoms with E-state index in [1.807, 2.05) is 0 Å². The van der Waals surface area contributed by atoms with Gasteiger partial charge in [-0.05, 0) is 24.3 Å². The SMILES string of the molecule is O=C(NCc1ccco1)Nc1cnc2ccccn2c1=O. The number of carbonyl (C=O) groups excluding carboxylic acids is 1. The van der Waals surface area contributed by atoms with Crippen molar-refractivity contribution in [3.8, 4) is 0 Å². The predicted molar refractivity (Wildman–Crippen MR) is 76.0 cm³/mol. The van der Waals surface area contributed by atoms with Gasteiger partial charge in [-0.15, -0.1) is 0 Å². The molecule has 106 valence electrons. The number of hydrogen-bond donors (Lipinski definition) is 2. The van der Waals surface area contributed by atoms with Gasteiger partial charge in [0.1, 0.15) is 17.1 Å². The number of amides is 2. The van der Waals surface area contributed by atoms with Crippen molar-refractivity contribution in [2.75, 3.05) is 5.32 Å². The number of fused-ring (bicyclic) bond motifs is 1. The lowest BCUT2D eigenvalue weighted by Gasteiger charge is -2.07. The highest BCUT2D eigenvalue weighted by Crippen LogP contribution is 2.02. The van der Waals surface area contributed by atoms with Crippen molar-refractivity contribution in [1.29, 1.82) is 0 Å². The van der Waals surface area contributed by atoms with Crippen molar-refractivity contribution >= 4 is 17.4 Å². The van der Waals surface area contributed by atoms with Crippen molar-refractivity contribution in [3.05, 3.63) is 65.1 Å². The molecule has 0 radical (unpaired) electrons. The van der Waals surface area contributed by atoms with E-state index in [1.165, 1.54) is 16.9 Å². The molecule has 0 aliphatic heterocycles. The Bertz CT molecular complexity index is 824. The number of hydrogen-bond acceptors (Lipinski definition) is 4. The van der Waals surface area contributed by atoms with Crippen LogP contribution in [-0.2, 0) is 6.54 Å². The molecule has 0 aliphatic rings. The lowest BCUT2D eigenvalue weighted by atomic mass is 10.4. The van der Waals surface area contributed by atoms with Gasteiger partial charge in [0.25, 0.3) is 5.56 Å². The second kappa shape index (κ2) is 5.49. The second-order valence-electron chi connectivity index (χ2n) is 4.29. The molecule has 0 spiro atoms. The van der Waals surface area contributed by atoms with E-state index in [2.05, 4.69) is 15.6 Å². The van der Waals surface area contributed by atoms with Gasteiger partial charge in [-0.25, -0.2) is 9.78 Å². The number of carbonyl (C=O) groups is 1. The first kappa shape index (κ1) is 12.9. The van der Waals surface area contributed by atoms with E-state index < -0.39 is 6.03 Å². The fourth-order valence-corrected chi connectivity index (χ4v) is 1.86. The number of pyridine rings is 1. The maximum absolute atomic E-state index is 12.2. The molecule has 3 aromatic rings. The van der Waals surface area contributed by atoms with Crippen LogP contribution in [0.5, 0.6) is 0 Å². The van der Waals surface area contributed by atoms with Gasteiger partial charge < -0.3 is 15.1 Å². The molecule has 3 rings (SSSR count). The van der Waals surface area contributed by atoms with Crippen LogP contribution in [0.1, 0.15) is 5.76 Å². The number of rotatable bonds is 3.